The summed E-state index contributed by atoms with van der Waals surface area (Å²) in [5.41, 5.74) is 0.577. The Hall–Kier alpha value is -1.17. The molecule has 0 saturated carbocycles. The third-order valence-corrected chi connectivity index (χ3v) is 3.02. The van der Waals surface area contributed by atoms with Gasteiger partial charge in [0.15, 0.2) is 0 Å². The van der Waals surface area contributed by atoms with Gasteiger partial charge in [0.2, 0.25) is 5.91 Å². The summed E-state index contributed by atoms with van der Waals surface area (Å²) < 4.78 is 18.4. The zero-order valence-electron chi connectivity index (χ0n) is 12.5. The fourth-order valence-electron chi connectivity index (χ4n) is 1.83. The predicted molar refractivity (Wildman–Crippen MR) is 84.3 cm³/mol. The summed E-state index contributed by atoms with van der Waals surface area (Å²) in [5.74, 6) is -0.555. The highest BCUT2D eigenvalue weighted by molar-refractivity contribution is 5.85. The van der Waals surface area contributed by atoms with Gasteiger partial charge in [-0.15, -0.1) is 12.4 Å². The first-order valence-electron chi connectivity index (χ1n) is 6.86. The molecule has 0 spiro atoms. The second-order valence-electron chi connectivity index (χ2n) is 4.73. The molecule has 0 saturated heterocycles. The van der Waals surface area contributed by atoms with Crippen molar-refractivity contribution in [2.24, 2.45) is 5.92 Å². The molecule has 0 bridgehead atoms. The summed E-state index contributed by atoms with van der Waals surface area (Å²) in [6.45, 7) is 4.47. The summed E-state index contributed by atoms with van der Waals surface area (Å²) in [6.07, 6.45) is 0.412. The fourth-order valence-corrected chi connectivity index (χ4v) is 1.83. The van der Waals surface area contributed by atoms with Gasteiger partial charge in [-0.05, 0) is 18.1 Å². The number of rotatable bonds is 9. The molecular formula is C15H24ClFN2O2. The van der Waals surface area contributed by atoms with Gasteiger partial charge in [0.05, 0.1) is 6.61 Å². The van der Waals surface area contributed by atoms with Gasteiger partial charge < -0.3 is 15.4 Å². The first kappa shape index (κ1) is 19.8. The highest BCUT2D eigenvalue weighted by atomic mass is 35.5. The zero-order chi connectivity index (χ0) is 14.8. The largest absolute Gasteiger partial charge is 0.383 e. The SMILES string of the molecule is COCCNCCNC(=O)C(C)Cc1ccccc1F.Cl. The Morgan fingerprint density at radius 1 is 1.29 bits per heavy atom. The first-order valence-corrected chi connectivity index (χ1v) is 6.86. The van der Waals surface area contributed by atoms with Crippen molar-refractivity contribution in [1.82, 2.24) is 10.6 Å². The van der Waals surface area contributed by atoms with E-state index in [0.29, 0.717) is 31.7 Å². The molecule has 1 amide bonds. The Morgan fingerprint density at radius 3 is 2.67 bits per heavy atom. The van der Waals surface area contributed by atoms with Gasteiger partial charge in [0.1, 0.15) is 5.82 Å². The van der Waals surface area contributed by atoms with E-state index >= 15 is 0 Å². The second-order valence-corrected chi connectivity index (χ2v) is 4.73. The van der Waals surface area contributed by atoms with E-state index in [4.69, 9.17) is 4.74 Å². The predicted octanol–water partition coefficient (Wildman–Crippen LogP) is 1.78. The lowest BCUT2D eigenvalue weighted by atomic mass is 10.00. The third-order valence-electron chi connectivity index (χ3n) is 3.02. The van der Waals surface area contributed by atoms with Crippen molar-refractivity contribution >= 4 is 18.3 Å². The van der Waals surface area contributed by atoms with Crippen molar-refractivity contribution in [2.75, 3.05) is 33.4 Å². The summed E-state index contributed by atoms with van der Waals surface area (Å²) in [7, 11) is 1.65. The lowest BCUT2D eigenvalue weighted by Crippen LogP contribution is -2.36. The molecule has 2 N–H and O–H groups in total. The molecule has 1 atom stereocenters. The highest BCUT2D eigenvalue weighted by Gasteiger charge is 2.14. The Bertz CT molecular complexity index is 418. The van der Waals surface area contributed by atoms with Crippen LogP contribution >= 0.6 is 12.4 Å². The number of ether oxygens (including phenoxy) is 1. The lowest BCUT2D eigenvalue weighted by Gasteiger charge is -2.13. The van der Waals surface area contributed by atoms with Crippen LogP contribution in [0.25, 0.3) is 0 Å². The molecule has 1 aromatic carbocycles. The molecule has 0 aliphatic rings. The van der Waals surface area contributed by atoms with Crippen LogP contribution in [0.15, 0.2) is 24.3 Å². The van der Waals surface area contributed by atoms with Crippen LogP contribution in [-0.2, 0) is 16.0 Å². The molecular weight excluding hydrogens is 295 g/mol. The number of methoxy groups -OCH3 is 1. The normalized spacial score (nSPS) is 11.6. The monoisotopic (exact) mass is 318 g/mol. The number of halogens is 2. The smallest absolute Gasteiger partial charge is 0.223 e. The summed E-state index contributed by atoms with van der Waals surface area (Å²) >= 11 is 0. The highest BCUT2D eigenvalue weighted by Crippen LogP contribution is 2.12. The van der Waals surface area contributed by atoms with Crippen molar-refractivity contribution in [2.45, 2.75) is 13.3 Å². The Labute approximate surface area is 131 Å². The van der Waals surface area contributed by atoms with Gasteiger partial charge in [0, 0.05) is 32.7 Å². The number of nitrogens with one attached hydrogen (secondary N) is 2. The third kappa shape index (κ3) is 7.99. The van der Waals surface area contributed by atoms with Gasteiger partial charge in [-0.25, -0.2) is 4.39 Å². The molecule has 1 aromatic rings. The molecule has 1 unspecified atom stereocenters. The maximum Gasteiger partial charge on any atom is 0.223 e. The van der Waals surface area contributed by atoms with E-state index in [-0.39, 0.29) is 30.0 Å². The molecule has 0 aliphatic heterocycles. The Morgan fingerprint density at radius 2 is 2.00 bits per heavy atom. The molecule has 6 heteroatoms. The van der Waals surface area contributed by atoms with E-state index in [1.165, 1.54) is 6.07 Å². The van der Waals surface area contributed by atoms with Gasteiger partial charge in [-0.1, -0.05) is 25.1 Å². The standard InChI is InChI=1S/C15H23FN2O2.ClH/c1-12(11-13-5-3-4-6-14(13)16)15(19)18-8-7-17-9-10-20-2;/h3-6,12,17H,7-11H2,1-2H3,(H,18,19);1H. The van der Waals surface area contributed by atoms with Crippen molar-refractivity contribution in [3.8, 4) is 0 Å². The second kappa shape index (κ2) is 11.5. The Balaban J connectivity index is 0.00000400. The van der Waals surface area contributed by atoms with Crippen LogP contribution in [-0.4, -0.2) is 39.3 Å². The lowest BCUT2D eigenvalue weighted by molar-refractivity contribution is -0.124. The average molecular weight is 319 g/mol. The van der Waals surface area contributed by atoms with Crippen LogP contribution in [0, 0.1) is 11.7 Å². The van der Waals surface area contributed by atoms with Crippen molar-refractivity contribution < 1.29 is 13.9 Å². The maximum absolute atomic E-state index is 13.5. The number of carbonyl (C=O) groups is 1. The molecule has 0 fully saturated rings. The fraction of sp³-hybridized carbons (Fsp3) is 0.533. The van der Waals surface area contributed by atoms with Crippen LogP contribution in [0.5, 0.6) is 0 Å². The molecule has 21 heavy (non-hydrogen) atoms. The molecule has 0 radical (unpaired) electrons. The van der Waals surface area contributed by atoms with E-state index in [0.717, 1.165) is 6.54 Å². The van der Waals surface area contributed by atoms with Crippen LogP contribution < -0.4 is 10.6 Å². The van der Waals surface area contributed by atoms with Crippen LogP contribution in [0.2, 0.25) is 0 Å². The van der Waals surface area contributed by atoms with E-state index < -0.39 is 0 Å². The number of hydrogen-bond acceptors (Lipinski definition) is 3. The average Bonchev–Trinajstić information content (AvgIpc) is 2.44. The van der Waals surface area contributed by atoms with Crippen molar-refractivity contribution in [3.05, 3.63) is 35.6 Å². The van der Waals surface area contributed by atoms with Gasteiger partial charge >= 0.3 is 0 Å². The minimum absolute atomic E-state index is 0. The molecule has 4 nitrogen and oxygen atoms in total. The van der Waals surface area contributed by atoms with E-state index in [1.807, 2.05) is 0 Å². The topological polar surface area (TPSA) is 50.4 Å². The first-order chi connectivity index (χ1) is 9.65. The minimum Gasteiger partial charge on any atom is -0.383 e. The molecule has 120 valence electrons. The number of hydrogen-bond donors (Lipinski definition) is 2. The van der Waals surface area contributed by atoms with Crippen LogP contribution in [0.1, 0.15) is 12.5 Å². The van der Waals surface area contributed by atoms with Gasteiger partial charge in [0.25, 0.3) is 0 Å². The van der Waals surface area contributed by atoms with E-state index in [1.54, 1.807) is 32.2 Å². The molecule has 0 heterocycles. The van der Waals surface area contributed by atoms with E-state index in [2.05, 4.69) is 10.6 Å². The minimum atomic E-state index is -0.256. The molecule has 1 rings (SSSR count). The summed E-state index contributed by atoms with van der Waals surface area (Å²) in [4.78, 5) is 11.9. The van der Waals surface area contributed by atoms with E-state index in [9.17, 15) is 9.18 Å². The van der Waals surface area contributed by atoms with Crippen LogP contribution in [0.3, 0.4) is 0 Å². The molecule has 0 aromatic heterocycles. The van der Waals surface area contributed by atoms with Crippen LogP contribution in [0.4, 0.5) is 4.39 Å². The number of benzene rings is 1. The van der Waals surface area contributed by atoms with Crippen molar-refractivity contribution in [1.29, 1.82) is 0 Å². The zero-order valence-corrected chi connectivity index (χ0v) is 13.3. The maximum atomic E-state index is 13.5. The van der Waals surface area contributed by atoms with Gasteiger partial charge in [-0.2, -0.15) is 0 Å². The summed E-state index contributed by atoms with van der Waals surface area (Å²) in [6, 6.07) is 6.56. The van der Waals surface area contributed by atoms with Crippen molar-refractivity contribution in [3.63, 3.8) is 0 Å². The summed E-state index contributed by atoms with van der Waals surface area (Å²) in [5, 5.41) is 5.97. The number of carbonyl (C=O) groups excluding carboxylic acids is 1. The molecule has 0 aliphatic carbocycles. The number of amides is 1. The quantitative estimate of drug-likeness (QED) is 0.682. The Kier molecular flexibility index (Phi) is 10.8. The van der Waals surface area contributed by atoms with Gasteiger partial charge in [-0.3, -0.25) is 4.79 Å².